The van der Waals surface area contributed by atoms with Gasteiger partial charge in [-0.05, 0) is 6.42 Å². The number of rotatable bonds is 13. The predicted molar refractivity (Wildman–Crippen MR) is 131 cm³/mol. The predicted octanol–water partition coefficient (Wildman–Crippen LogP) is 0.101. The maximum absolute atomic E-state index is 13.2. The topological polar surface area (TPSA) is 190 Å². The molecule has 222 valence electrons. The van der Waals surface area contributed by atoms with Crippen molar-refractivity contribution in [1.29, 1.82) is 0 Å². The van der Waals surface area contributed by atoms with Crippen LogP contribution in [0.25, 0.3) is 0 Å². The molecule has 1 aliphatic heterocycles. The summed E-state index contributed by atoms with van der Waals surface area (Å²) in [7, 11) is 1.07. The number of aliphatic hydroxyl groups is 1. The van der Waals surface area contributed by atoms with E-state index in [4.69, 9.17) is 28.4 Å². The zero-order chi connectivity index (χ0) is 29.9. The number of hydrogen-bond acceptors (Lipinski definition) is 13. The third-order valence-corrected chi connectivity index (χ3v) is 5.95. The first-order chi connectivity index (χ1) is 18.2. The number of hydrogen-bond donors (Lipinski definition) is 2. The molecule has 1 fully saturated rings. The van der Waals surface area contributed by atoms with Gasteiger partial charge in [0.25, 0.3) is 0 Å². The van der Waals surface area contributed by atoms with Crippen molar-refractivity contribution in [3.05, 3.63) is 0 Å². The monoisotopic (exact) mass is 561 g/mol. The Balaban J connectivity index is 3.87. The number of unbranched alkanes of at least 4 members (excludes halogenated alkanes) is 1. The molecule has 14 nitrogen and oxygen atoms in total. The van der Waals surface area contributed by atoms with Crippen LogP contribution in [0.1, 0.15) is 67.2 Å². The van der Waals surface area contributed by atoms with Gasteiger partial charge in [-0.15, -0.1) is 0 Å². The molecule has 1 unspecified atom stereocenters. The van der Waals surface area contributed by atoms with Gasteiger partial charge in [-0.1, -0.05) is 19.8 Å². The molecule has 1 aliphatic rings. The Hall–Kier alpha value is -3.26. The van der Waals surface area contributed by atoms with Crippen LogP contribution in [0.5, 0.6) is 0 Å². The van der Waals surface area contributed by atoms with Crippen LogP contribution < -0.4 is 5.32 Å². The average Bonchev–Trinajstić information content (AvgIpc) is 2.83. The summed E-state index contributed by atoms with van der Waals surface area (Å²) < 4.78 is 32.4. The van der Waals surface area contributed by atoms with Gasteiger partial charge in [-0.3, -0.25) is 24.0 Å². The van der Waals surface area contributed by atoms with Gasteiger partial charge in [0.2, 0.25) is 5.91 Å². The van der Waals surface area contributed by atoms with Gasteiger partial charge >= 0.3 is 29.8 Å². The highest BCUT2D eigenvalue weighted by atomic mass is 16.6. The number of aliphatic hydroxyl groups excluding tert-OH is 1. The van der Waals surface area contributed by atoms with Crippen molar-refractivity contribution >= 4 is 35.8 Å². The highest BCUT2D eigenvalue weighted by molar-refractivity contribution is 5.81. The Morgan fingerprint density at radius 3 is 2.05 bits per heavy atom. The van der Waals surface area contributed by atoms with Crippen LogP contribution in [0.4, 0.5) is 0 Å². The first-order valence-electron chi connectivity index (χ1n) is 12.5. The standard InChI is InChI=1S/C25H39NO13/c1-8-9-10-20(32)25(24(33)34-7)11-18(36-15(4)29)21(26-13(2)27)23(39-25)22(38-17(6)31)19(37-16(5)30)12-35-14(3)28/h18-23,32H,8-12H2,1-7H3,(H,26,27)/t18-,19+,20?,21+,22+,23+,25-/m0/s1. The fourth-order valence-corrected chi connectivity index (χ4v) is 4.45. The number of carbonyl (C=O) groups excluding carboxylic acids is 6. The van der Waals surface area contributed by atoms with Crippen molar-refractivity contribution in [2.75, 3.05) is 13.7 Å². The molecule has 0 aliphatic carbocycles. The lowest BCUT2D eigenvalue weighted by Gasteiger charge is -2.50. The summed E-state index contributed by atoms with van der Waals surface area (Å²) in [4.78, 5) is 73.2. The smallest absolute Gasteiger partial charge is 0.341 e. The molecule has 0 saturated carbocycles. The fourth-order valence-electron chi connectivity index (χ4n) is 4.45. The highest BCUT2D eigenvalue weighted by Crippen LogP contribution is 2.39. The minimum absolute atomic E-state index is 0.0783. The minimum atomic E-state index is -2.15. The van der Waals surface area contributed by atoms with E-state index in [2.05, 4.69) is 5.32 Å². The Bertz CT molecular complexity index is 906. The third-order valence-electron chi connectivity index (χ3n) is 5.95. The lowest BCUT2D eigenvalue weighted by Crippen LogP contribution is -2.71. The van der Waals surface area contributed by atoms with Gasteiger partial charge in [-0.2, -0.15) is 0 Å². The maximum Gasteiger partial charge on any atom is 0.341 e. The summed E-state index contributed by atoms with van der Waals surface area (Å²) >= 11 is 0. The second-order valence-electron chi connectivity index (χ2n) is 9.22. The second-order valence-corrected chi connectivity index (χ2v) is 9.22. The molecule has 39 heavy (non-hydrogen) atoms. The lowest BCUT2D eigenvalue weighted by atomic mass is 9.79. The summed E-state index contributed by atoms with van der Waals surface area (Å²) in [6.07, 6.45) is -6.68. The molecule has 1 saturated heterocycles. The van der Waals surface area contributed by atoms with Crippen LogP contribution >= 0.6 is 0 Å². The van der Waals surface area contributed by atoms with Crippen LogP contribution in [0.2, 0.25) is 0 Å². The number of carbonyl (C=O) groups is 6. The number of nitrogens with one attached hydrogen (secondary N) is 1. The molecular weight excluding hydrogens is 522 g/mol. The Morgan fingerprint density at radius 1 is 0.974 bits per heavy atom. The van der Waals surface area contributed by atoms with Crippen molar-refractivity contribution in [2.24, 2.45) is 0 Å². The quantitative estimate of drug-likeness (QED) is 0.228. The molecule has 7 atom stereocenters. The third kappa shape index (κ3) is 9.77. The van der Waals surface area contributed by atoms with Crippen LogP contribution in [0.3, 0.4) is 0 Å². The average molecular weight is 562 g/mol. The van der Waals surface area contributed by atoms with Crippen molar-refractivity contribution in [3.63, 3.8) is 0 Å². The minimum Gasteiger partial charge on any atom is -0.467 e. The zero-order valence-corrected chi connectivity index (χ0v) is 23.3. The van der Waals surface area contributed by atoms with Crippen molar-refractivity contribution in [1.82, 2.24) is 5.32 Å². The van der Waals surface area contributed by atoms with Crippen LogP contribution in [0.15, 0.2) is 0 Å². The van der Waals surface area contributed by atoms with Crippen molar-refractivity contribution < 1.29 is 62.3 Å². The van der Waals surface area contributed by atoms with E-state index in [0.29, 0.717) is 12.8 Å². The van der Waals surface area contributed by atoms with Crippen LogP contribution in [-0.4, -0.2) is 96.7 Å². The molecule has 2 N–H and O–H groups in total. The Kier molecular flexibility index (Phi) is 13.3. The molecule has 0 radical (unpaired) electrons. The Labute approximate surface area is 226 Å². The number of amides is 1. The molecule has 1 amide bonds. The lowest BCUT2D eigenvalue weighted by molar-refractivity contribution is -0.260. The number of ether oxygens (including phenoxy) is 6. The van der Waals surface area contributed by atoms with E-state index in [1.54, 1.807) is 0 Å². The molecule has 0 spiro atoms. The summed E-state index contributed by atoms with van der Waals surface area (Å²) in [6, 6.07) is -1.28. The summed E-state index contributed by atoms with van der Waals surface area (Å²) in [6.45, 7) is 6.76. The van der Waals surface area contributed by atoms with Gasteiger partial charge in [0.15, 0.2) is 17.8 Å². The van der Waals surface area contributed by atoms with E-state index in [1.165, 1.54) is 6.92 Å². The number of esters is 5. The SMILES string of the molecule is CCCCC(O)[C@]1(C(=O)OC)C[C@H](OC(C)=O)[C@@H](NC(C)=O)[C@H]([C@H](OC(C)=O)[C@@H](COC(C)=O)OC(C)=O)O1. The van der Waals surface area contributed by atoms with E-state index >= 15 is 0 Å². The second kappa shape index (κ2) is 15.4. The van der Waals surface area contributed by atoms with E-state index in [9.17, 15) is 33.9 Å². The van der Waals surface area contributed by atoms with Crippen molar-refractivity contribution in [2.45, 2.75) is 109 Å². The molecule has 0 aromatic rings. The largest absolute Gasteiger partial charge is 0.467 e. The summed E-state index contributed by atoms with van der Waals surface area (Å²) in [5.41, 5.74) is -2.15. The fraction of sp³-hybridized carbons (Fsp3) is 0.760. The van der Waals surface area contributed by atoms with Gasteiger partial charge < -0.3 is 38.8 Å². The van der Waals surface area contributed by atoms with Crippen molar-refractivity contribution in [3.8, 4) is 0 Å². The van der Waals surface area contributed by atoms with E-state index in [1.807, 2.05) is 6.92 Å². The first-order valence-corrected chi connectivity index (χ1v) is 12.5. The molecule has 0 aromatic heterocycles. The van der Waals surface area contributed by atoms with Gasteiger partial charge in [-0.25, -0.2) is 4.79 Å². The van der Waals surface area contributed by atoms with Crippen LogP contribution in [-0.2, 0) is 57.2 Å². The van der Waals surface area contributed by atoms with Gasteiger partial charge in [0.1, 0.15) is 18.8 Å². The van der Waals surface area contributed by atoms with E-state index in [0.717, 1.165) is 34.8 Å². The number of methoxy groups -OCH3 is 1. The van der Waals surface area contributed by atoms with E-state index < -0.39 is 90.9 Å². The zero-order valence-electron chi connectivity index (χ0n) is 23.3. The Morgan fingerprint density at radius 2 is 1.59 bits per heavy atom. The van der Waals surface area contributed by atoms with E-state index in [-0.39, 0.29) is 6.42 Å². The molecule has 0 bridgehead atoms. The molecule has 1 heterocycles. The maximum atomic E-state index is 13.2. The molecule has 14 heteroatoms. The van der Waals surface area contributed by atoms with Crippen LogP contribution in [0, 0.1) is 0 Å². The molecule has 1 rings (SSSR count). The molecular formula is C25H39NO13. The highest BCUT2D eigenvalue weighted by Gasteiger charge is 2.60. The summed E-state index contributed by atoms with van der Waals surface area (Å²) in [5.74, 6) is -4.86. The van der Waals surface area contributed by atoms with Gasteiger partial charge in [0, 0.05) is 41.0 Å². The summed E-state index contributed by atoms with van der Waals surface area (Å²) in [5, 5.41) is 13.8. The van der Waals surface area contributed by atoms with Gasteiger partial charge in [0.05, 0.1) is 19.3 Å². The normalized spacial score (nSPS) is 24.8. The molecule has 0 aromatic carbocycles. The first kappa shape index (κ1) is 33.8.